The van der Waals surface area contributed by atoms with Crippen LogP contribution in [0.4, 0.5) is 0 Å². The molecule has 0 radical (unpaired) electrons. The van der Waals surface area contributed by atoms with Gasteiger partial charge in [-0.1, -0.05) is 0 Å². The van der Waals surface area contributed by atoms with Crippen molar-refractivity contribution in [3.8, 4) is 0 Å². The number of nitrogens with zero attached hydrogens (tertiary/aromatic N) is 2. The summed E-state index contributed by atoms with van der Waals surface area (Å²) in [6, 6.07) is 5.12. The smallest absolute Gasteiger partial charge is 0.287 e. The van der Waals surface area contributed by atoms with E-state index in [9.17, 15) is 8.42 Å². The summed E-state index contributed by atoms with van der Waals surface area (Å²) in [7, 11) is -3.50. The van der Waals surface area contributed by atoms with Crippen molar-refractivity contribution in [1.82, 2.24) is 9.71 Å². The fraction of sp³-hybridized carbons (Fsp3) is 0.125. The van der Waals surface area contributed by atoms with Crippen molar-refractivity contribution in [2.45, 2.75) is 0 Å². The van der Waals surface area contributed by atoms with Gasteiger partial charge in [0.1, 0.15) is 5.52 Å². The van der Waals surface area contributed by atoms with Crippen molar-refractivity contribution >= 4 is 21.2 Å². The molecule has 0 saturated carbocycles. The summed E-state index contributed by atoms with van der Waals surface area (Å²) in [6.07, 6.45) is 4.14. The third-order valence-electron chi connectivity index (χ3n) is 1.64. The van der Waals surface area contributed by atoms with Crippen LogP contribution in [0, 0.1) is 0 Å². The lowest BCUT2D eigenvalue weighted by molar-refractivity contribution is 0.296. The Morgan fingerprint density at radius 2 is 2.21 bits per heavy atom. The molecule has 0 bridgehead atoms. The van der Waals surface area contributed by atoms with E-state index in [1.165, 1.54) is 10.9 Å². The van der Waals surface area contributed by atoms with Crippen LogP contribution in [0.25, 0.3) is 11.0 Å². The second kappa shape index (κ2) is 2.98. The first-order valence-corrected chi connectivity index (χ1v) is 5.70. The number of rotatable bonds is 2. The molecule has 0 unspecified atom stereocenters. The quantitative estimate of drug-likeness (QED) is 0.724. The molecule has 0 fully saturated rings. The maximum Gasteiger partial charge on any atom is 0.324 e. The zero-order valence-corrected chi connectivity index (χ0v) is 8.23. The SMILES string of the molecule is CS(=O)(=O)On1ccc2ncccc21. The van der Waals surface area contributed by atoms with Gasteiger partial charge in [-0.15, -0.1) is 0 Å². The van der Waals surface area contributed by atoms with Gasteiger partial charge in [0.2, 0.25) is 0 Å². The highest BCUT2D eigenvalue weighted by Crippen LogP contribution is 2.10. The van der Waals surface area contributed by atoms with Crippen LogP contribution in [-0.2, 0) is 10.1 Å². The summed E-state index contributed by atoms with van der Waals surface area (Å²) in [5, 5.41) is 0. The average Bonchev–Trinajstić information content (AvgIpc) is 2.47. The minimum atomic E-state index is -3.50. The monoisotopic (exact) mass is 212 g/mol. The van der Waals surface area contributed by atoms with Crippen LogP contribution in [0.15, 0.2) is 30.6 Å². The van der Waals surface area contributed by atoms with E-state index in [2.05, 4.69) is 4.98 Å². The Kier molecular flexibility index (Phi) is 1.92. The van der Waals surface area contributed by atoms with Crippen molar-refractivity contribution in [3.05, 3.63) is 30.6 Å². The highest BCUT2D eigenvalue weighted by atomic mass is 32.2. The first-order chi connectivity index (χ1) is 6.56. The number of hydrogen-bond acceptors (Lipinski definition) is 4. The van der Waals surface area contributed by atoms with Crippen molar-refractivity contribution in [2.75, 3.05) is 6.26 Å². The van der Waals surface area contributed by atoms with E-state index < -0.39 is 10.1 Å². The van der Waals surface area contributed by atoms with Crippen LogP contribution in [0.1, 0.15) is 0 Å². The first-order valence-electron chi connectivity index (χ1n) is 3.88. The summed E-state index contributed by atoms with van der Waals surface area (Å²) >= 11 is 0. The fourth-order valence-corrected chi connectivity index (χ4v) is 1.57. The summed E-state index contributed by atoms with van der Waals surface area (Å²) in [6.45, 7) is 0. The molecule has 0 saturated heterocycles. The third-order valence-corrected chi connectivity index (χ3v) is 2.07. The molecule has 14 heavy (non-hydrogen) atoms. The Labute approximate surface area is 81.0 Å². The molecule has 2 aromatic heterocycles. The van der Waals surface area contributed by atoms with Gasteiger partial charge < -0.3 is 0 Å². The van der Waals surface area contributed by atoms with Gasteiger partial charge in [-0.3, -0.25) is 9.27 Å². The molecule has 2 aromatic rings. The molecule has 74 valence electrons. The molecule has 0 N–H and O–H groups in total. The molecule has 0 aliphatic carbocycles. The Morgan fingerprint density at radius 1 is 1.43 bits per heavy atom. The van der Waals surface area contributed by atoms with E-state index in [-0.39, 0.29) is 0 Å². The molecular weight excluding hydrogens is 204 g/mol. The average molecular weight is 212 g/mol. The minimum Gasteiger partial charge on any atom is -0.287 e. The topological polar surface area (TPSA) is 61.2 Å². The van der Waals surface area contributed by atoms with Crippen LogP contribution in [0.2, 0.25) is 0 Å². The molecule has 0 aliphatic heterocycles. The fourth-order valence-electron chi connectivity index (χ4n) is 1.15. The molecule has 2 rings (SSSR count). The second-order valence-corrected chi connectivity index (χ2v) is 4.39. The molecule has 5 nitrogen and oxygen atoms in total. The van der Waals surface area contributed by atoms with Gasteiger partial charge in [-0.05, 0) is 18.2 Å². The van der Waals surface area contributed by atoms with Gasteiger partial charge in [0.25, 0.3) is 0 Å². The zero-order chi connectivity index (χ0) is 10.2. The third kappa shape index (κ3) is 1.69. The Hall–Kier alpha value is -1.56. The predicted molar refractivity (Wildman–Crippen MR) is 51.2 cm³/mol. The Morgan fingerprint density at radius 3 is 2.93 bits per heavy atom. The van der Waals surface area contributed by atoms with E-state index in [0.29, 0.717) is 11.0 Å². The van der Waals surface area contributed by atoms with Crippen LogP contribution in [0.5, 0.6) is 0 Å². The largest absolute Gasteiger partial charge is 0.324 e. The van der Waals surface area contributed by atoms with Gasteiger partial charge in [0.05, 0.1) is 11.8 Å². The lowest BCUT2D eigenvalue weighted by atomic mass is 10.4. The summed E-state index contributed by atoms with van der Waals surface area (Å²) in [5.74, 6) is 0. The number of aromatic nitrogens is 2. The molecule has 0 spiro atoms. The van der Waals surface area contributed by atoms with Crippen LogP contribution >= 0.6 is 0 Å². The van der Waals surface area contributed by atoms with Gasteiger partial charge in [0.15, 0.2) is 0 Å². The van der Waals surface area contributed by atoms with Crippen LogP contribution in [-0.4, -0.2) is 24.4 Å². The van der Waals surface area contributed by atoms with Gasteiger partial charge >= 0.3 is 10.1 Å². The van der Waals surface area contributed by atoms with Crippen molar-refractivity contribution < 1.29 is 12.7 Å². The second-order valence-electron chi connectivity index (χ2n) is 2.83. The van der Waals surface area contributed by atoms with E-state index >= 15 is 0 Å². The zero-order valence-electron chi connectivity index (χ0n) is 7.41. The van der Waals surface area contributed by atoms with Gasteiger partial charge in [-0.2, -0.15) is 13.1 Å². The number of fused-ring (bicyclic) bond motifs is 1. The maximum absolute atomic E-state index is 10.9. The summed E-state index contributed by atoms with van der Waals surface area (Å²) < 4.78 is 27.6. The molecule has 0 amide bonds. The van der Waals surface area contributed by atoms with E-state index in [1.54, 1.807) is 24.4 Å². The van der Waals surface area contributed by atoms with Crippen molar-refractivity contribution in [3.63, 3.8) is 0 Å². The van der Waals surface area contributed by atoms with E-state index in [0.717, 1.165) is 6.26 Å². The molecule has 0 aromatic carbocycles. The Bertz CT molecular complexity index is 559. The van der Waals surface area contributed by atoms with Crippen LogP contribution < -0.4 is 4.28 Å². The van der Waals surface area contributed by atoms with Gasteiger partial charge in [0, 0.05) is 12.4 Å². The van der Waals surface area contributed by atoms with Crippen LogP contribution in [0.3, 0.4) is 0 Å². The maximum atomic E-state index is 10.9. The highest BCUT2D eigenvalue weighted by molar-refractivity contribution is 7.86. The number of pyridine rings is 1. The normalized spacial score (nSPS) is 11.8. The van der Waals surface area contributed by atoms with Crippen molar-refractivity contribution in [2.24, 2.45) is 0 Å². The van der Waals surface area contributed by atoms with Crippen molar-refractivity contribution in [1.29, 1.82) is 0 Å². The summed E-state index contributed by atoms with van der Waals surface area (Å²) in [5.41, 5.74) is 1.31. The molecule has 0 atom stereocenters. The summed E-state index contributed by atoms with van der Waals surface area (Å²) in [4.78, 5) is 4.04. The van der Waals surface area contributed by atoms with Gasteiger partial charge in [-0.25, -0.2) is 0 Å². The standard InChI is InChI=1S/C8H8N2O3S/c1-14(11,12)13-10-6-4-7-8(10)3-2-5-9-7/h2-6H,1H3. The minimum absolute atomic E-state index is 0.623. The first kappa shape index (κ1) is 9.01. The van der Waals surface area contributed by atoms with E-state index in [4.69, 9.17) is 4.28 Å². The lowest BCUT2D eigenvalue weighted by Crippen LogP contribution is -2.17. The molecule has 2 heterocycles. The highest BCUT2D eigenvalue weighted by Gasteiger charge is 2.07. The molecular formula is C8H8N2O3S. The molecule has 6 heteroatoms. The number of hydrogen-bond donors (Lipinski definition) is 0. The van der Waals surface area contributed by atoms with E-state index in [1.807, 2.05) is 0 Å². The lowest BCUT2D eigenvalue weighted by Gasteiger charge is -2.03. The predicted octanol–water partition coefficient (Wildman–Crippen LogP) is 0.424. The molecule has 0 aliphatic rings. The Balaban J connectivity index is 2.54.